The van der Waals surface area contributed by atoms with Gasteiger partial charge in [0, 0.05) is 18.4 Å². The van der Waals surface area contributed by atoms with Gasteiger partial charge in [-0.2, -0.15) is 0 Å². The number of nitrogens with one attached hydrogen (secondary N) is 1. The zero-order chi connectivity index (χ0) is 14.1. The van der Waals surface area contributed by atoms with Gasteiger partial charge in [-0.1, -0.05) is 25.2 Å². The number of benzene rings is 1. The summed E-state index contributed by atoms with van der Waals surface area (Å²) >= 11 is 0. The van der Waals surface area contributed by atoms with Crippen LogP contribution in [-0.4, -0.2) is 17.6 Å². The van der Waals surface area contributed by atoms with E-state index in [-0.39, 0.29) is 18.2 Å². The van der Waals surface area contributed by atoms with Crippen molar-refractivity contribution in [3.05, 3.63) is 29.6 Å². The smallest absolute Gasteiger partial charge is 0.224 e. The molecule has 2 N–H and O–H groups in total. The topological polar surface area (TPSA) is 49.3 Å². The van der Waals surface area contributed by atoms with E-state index in [4.69, 9.17) is 5.11 Å². The molecule has 1 rings (SSSR count). The molecule has 1 aromatic rings. The lowest BCUT2D eigenvalue weighted by molar-refractivity contribution is -0.116. The normalized spacial score (nSPS) is 9.63. The lowest BCUT2D eigenvalue weighted by Crippen LogP contribution is -2.12. The molecule has 0 spiro atoms. The summed E-state index contributed by atoms with van der Waals surface area (Å²) in [4.78, 5) is 11.5. The average molecular weight is 263 g/mol. The molecule has 0 aliphatic rings. The molecule has 0 aliphatic heterocycles. The molecule has 0 fully saturated rings. The number of unbranched alkanes of at least 4 members (excludes halogenated alkanes) is 1. The van der Waals surface area contributed by atoms with Crippen LogP contribution in [0.4, 0.5) is 10.1 Å². The van der Waals surface area contributed by atoms with Crippen molar-refractivity contribution in [3.8, 4) is 11.8 Å². The van der Waals surface area contributed by atoms with Crippen molar-refractivity contribution >= 4 is 11.6 Å². The minimum Gasteiger partial charge on any atom is -0.395 e. The molecule has 0 saturated carbocycles. The molecule has 19 heavy (non-hydrogen) atoms. The summed E-state index contributed by atoms with van der Waals surface area (Å²) in [5, 5.41) is 11.1. The van der Waals surface area contributed by atoms with Crippen molar-refractivity contribution in [1.29, 1.82) is 0 Å². The van der Waals surface area contributed by atoms with Crippen LogP contribution in [0.1, 0.15) is 38.2 Å². The van der Waals surface area contributed by atoms with Crippen LogP contribution in [0.3, 0.4) is 0 Å². The van der Waals surface area contributed by atoms with E-state index in [9.17, 15) is 9.18 Å². The molecule has 1 aromatic carbocycles. The molecule has 0 bridgehead atoms. The fourth-order valence-corrected chi connectivity index (χ4v) is 1.46. The van der Waals surface area contributed by atoms with Crippen molar-refractivity contribution in [2.75, 3.05) is 11.9 Å². The Kier molecular flexibility index (Phi) is 6.62. The molecule has 1 amide bonds. The van der Waals surface area contributed by atoms with Crippen LogP contribution in [-0.2, 0) is 4.79 Å². The third kappa shape index (κ3) is 5.54. The second kappa shape index (κ2) is 8.28. The molecular weight excluding hydrogens is 245 g/mol. The predicted molar refractivity (Wildman–Crippen MR) is 73.1 cm³/mol. The third-order valence-electron chi connectivity index (χ3n) is 2.47. The number of carbonyl (C=O) groups is 1. The number of rotatable bonds is 5. The molecule has 102 valence electrons. The molecule has 0 aliphatic carbocycles. The van der Waals surface area contributed by atoms with Gasteiger partial charge >= 0.3 is 0 Å². The van der Waals surface area contributed by atoms with Crippen molar-refractivity contribution in [1.82, 2.24) is 0 Å². The number of anilines is 1. The quantitative estimate of drug-likeness (QED) is 0.802. The zero-order valence-electron chi connectivity index (χ0n) is 11.0. The van der Waals surface area contributed by atoms with E-state index in [2.05, 4.69) is 17.2 Å². The summed E-state index contributed by atoms with van der Waals surface area (Å²) in [6, 6.07) is 4.42. The highest BCUT2D eigenvalue weighted by Gasteiger charge is 2.06. The minimum atomic E-state index is -0.499. The predicted octanol–water partition coefficient (Wildman–Crippen LogP) is 2.69. The fourth-order valence-electron chi connectivity index (χ4n) is 1.46. The maximum atomic E-state index is 13.7. The van der Waals surface area contributed by atoms with Crippen LogP contribution in [0.2, 0.25) is 0 Å². The van der Waals surface area contributed by atoms with E-state index in [1.54, 1.807) is 6.07 Å². The van der Waals surface area contributed by atoms with Crippen LogP contribution >= 0.6 is 0 Å². The van der Waals surface area contributed by atoms with Crippen LogP contribution in [0.25, 0.3) is 0 Å². The van der Waals surface area contributed by atoms with Crippen molar-refractivity contribution in [2.24, 2.45) is 0 Å². The van der Waals surface area contributed by atoms with Crippen LogP contribution in [0, 0.1) is 17.7 Å². The third-order valence-corrected chi connectivity index (χ3v) is 2.47. The molecule has 0 unspecified atom stereocenters. The van der Waals surface area contributed by atoms with Crippen LogP contribution in [0.15, 0.2) is 18.2 Å². The molecule has 4 heteroatoms. The van der Waals surface area contributed by atoms with Gasteiger partial charge in [-0.15, -0.1) is 0 Å². The summed E-state index contributed by atoms with van der Waals surface area (Å²) in [6.07, 6.45) is 2.47. The Hall–Kier alpha value is -1.86. The number of halogens is 1. The average Bonchev–Trinajstić information content (AvgIpc) is 2.40. The van der Waals surface area contributed by atoms with Gasteiger partial charge in [-0.25, -0.2) is 4.39 Å². The summed E-state index contributed by atoms with van der Waals surface area (Å²) < 4.78 is 13.7. The van der Waals surface area contributed by atoms with Gasteiger partial charge in [0.15, 0.2) is 0 Å². The first-order valence-corrected chi connectivity index (χ1v) is 6.36. The van der Waals surface area contributed by atoms with Gasteiger partial charge in [0.25, 0.3) is 0 Å². The molecule has 0 radical (unpaired) electrons. The van der Waals surface area contributed by atoms with Gasteiger partial charge in [-0.3, -0.25) is 4.79 Å². The maximum Gasteiger partial charge on any atom is 0.224 e. The summed E-state index contributed by atoms with van der Waals surface area (Å²) in [7, 11) is 0. The standard InChI is InChI=1S/C15H18FNO2/c1-2-3-7-15(19)17-14-9-8-12(11-13(14)16)6-4-5-10-18/h8-9,11,18H,2-3,5,7,10H2,1H3,(H,17,19). The Bertz CT molecular complexity index is 489. The maximum absolute atomic E-state index is 13.7. The lowest BCUT2D eigenvalue weighted by atomic mass is 10.2. The molecule has 3 nitrogen and oxygen atoms in total. The van der Waals surface area contributed by atoms with Crippen LogP contribution in [0.5, 0.6) is 0 Å². The molecule has 0 atom stereocenters. The van der Waals surface area contributed by atoms with E-state index < -0.39 is 5.82 Å². The molecule has 0 heterocycles. The van der Waals surface area contributed by atoms with Crippen molar-refractivity contribution < 1.29 is 14.3 Å². The fraction of sp³-hybridized carbons (Fsp3) is 0.400. The first-order valence-electron chi connectivity index (χ1n) is 6.36. The number of aliphatic hydroxyl groups excluding tert-OH is 1. The van der Waals surface area contributed by atoms with Gasteiger partial charge in [0.1, 0.15) is 5.82 Å². The lowest BCUT2D eigenvalue weighted by Gasteiger charge is -2.06. The monoisotopic (exact) mass is 263 g/mol. The molecule has 0 saturated heterocycles. The van der Waals surface area contributed by atoms with Crippen molar-refractivity contribution in [2.45, 2.75) is 32.6 Å². The highest BCUT2D eigenvalue weighted by Crippen LogP contribution is 2.16. The highest BCUT2D eigenvalue weighted by atomic mass is 19.1. The van der Waals surface area contributed by atoms with E-state index >= 15 is 0 Å². The minimum absolute atomic E-state index is 0.0128. The van der Waals surface area contributed by atoms with Crippen molar-refractivity contribution in [3.63, 3.8) is 0 Å². The Morgan fingerprint density at radius 1 is 1.47 bits per heavy atom. The van der Waals surface area contributed by atoms with E-state index in [0.717, 1.165) is 12.8 Å². The Morgan fingerprint density at radius 3 is 2.89 bits per heavy atom. The summed E-state index contributed by atoms with van der Waals surface area (Å²) in [5.41, 5.74) is 0.700. The molecule has 0 aromatic heterocycles. The van der Waals surface area contributed by atoms with Crippen LogP contribution < -0.4 is 5.32 Å². The first kappa shape index (κ1) is 15.2. The van der Waals surface area contributed by atoms with E-state index in [1.165, 1.54) is 12.1 Å². The first-order chi connectivity index (χ1) is 9.17. The SMILES string of the molecule is CCCCC(=O)Nc1ccc(C#CCCO)cc1F. The Morgan fingerprint density at radius 2 is 2.26 bits per heavy atom. The Labute approximate surface area is 112 Å². The Balaban J connectivity index is 2.67. The second-order valence-electron chi connectivity index (χ2n) is 4.12. The van der Waals surface area contributed by atoms with Gasteiger partial charge in [0.05, 0.1) is 12.3 Å². The van der Waals surface area contributed by atoms with E-state index in [1.807, 2.05) is 6.92 Å². The van der Waals surface area contributed by atoms with Gasteiger partial charge in [-0.05, 0) is 24.6 Å². The number of hydrogen-bond donors (Lipinski definition) is 2. The van der Waals surface area contributed by atoms with E-state index in [0.29, 0.717) is 18.4 Å². The highest BCUT2D eigenvalue weighted by molar-refractivity contribution is 5.90. The largest absolute Gasteiger partial charge is 0.395 e. The van der Waals surface area contributed by atoms with Gasteiger partial charge in [0.2, 0.25) is 5.91 Å². The number of hydrogen-bond acceptors (Lipinski definition) is 2. The zero-order valence-corrected chi connectivity index (χ0v) is 11.0. The summed E-state index contributed by atoms with van der Waals surface area (Å²) in [6.45, 7) is 1.98. The van der Waals surface area contributed by atoms with Gasteiger partial charge < -0.3 is 10.4 Å². The number of amides is 1. The number of aliphatic hydroxyl groups is 1. The number of carbonyl (C=O) groups excluding carboxylic acids is 1. The summed E-state index contributed by atoms with van der Waals surface area (Å²) in [5.74, 6) is 4.77. The molecular formula is C15H18FNO2. The second-order valence-corrected chi connectivity index (χ2v) is 4.12.